The Hall–Kier alpha value is -0.183. The summed E-state index contributed by atoms with van der Waals surface area (Å²) in [5, 5.41) is 1.17. The molecular formula is C12H15F5ISi+. The molecule has 0 bridgehead atoms. The molecule has 0 radical (unpaired) electrons. The lowest BCUT2D eigenvalue weighted by Crippen LogP contribution is -3.63. The highest BCUT2D eigenvalue weighted by molar-refractivity contribution is 6.88. The molecule has 7 heteroatoms. The molecule has 19 heavy (non-hydrogen) atoms. The molecule has 1 aromatic rings. The zero-order chi connectivity index (χ0) is 14.9. The summed E-state index contributed by atoms with van der Waals surface area (Å²) in [5.41, 5.74) is 0. The average molecular weight is 409 g/mol. The summed E-state index contributed by atoms with van der Waals surface area (Å²) in [6.07, 6.45) is -5.44. The molecule has 0 atom stereocenters. The minimum Gasteiger partial charge on any atom is -0.191 e. The van der Waals surface area contributed by atoms with Crippen molar-refractivity contribution in [1.82, 2.24) is 0 Å². The van der Waals surface area contributed by atoms with Gasteiger partial charge in [0.2, 0.25) is 4.43 Å². The van der Waals surface area contributed by atoms with Gasteiger partial charge in [-0.05, 0) is 12.1 Å². The molecule has 0 saturated heterocycles. The fourth-order valence-corrected chi connectivity index (χ4v) is 4.66. The molecular weight excluding hydrogens is 394 g/mol. The molecule has 108 valence electrons. The van der Waals surface area contributed by atoms with Crippen LogP contribution in [0.25, 0.3) is 0 Å². The fraction of sp³-hybridized carbons (Fsp3) is 0.500. The van der Waals surface area contributed by atoms with E-state index in [2.05, 4.69) is 19.6 Å². The van der Waals surface area contributed by atoms with Gasteiger partial charge in [0.05, 0.1) is 8.07 Å². The second-order valence-electron chi connectivity index (χ2n) is 5.23. The Bertz CT molecular complexity index is 419. The Kier molecular flexibility index (Phi) is 5.03. The van der Waals surface area contributed by atoms with Crippen LogP contribution in [0.4, 0.5) is 22.0 Å². The van der Waals surface area contributed by atoms with Gasteiger partial charge in [0.15, 0.2) is 3.57 Å². The van der Waals surface area contributed by atoms with Crippen molar-refractivity contribution in [2.75, 3.05) is 4.43 Å². The lowest BCUT2D eigenvalue weighted by Gasteiger charge is -2.16. The third-order valence-corrected chi connectivity index (χ3v) is 7.52. The Morgan fingerprint density at radius 2 is 1.42 bits per heavy atom. The summed E-state index contributed by atoms with van der Waals surface area (Å²) in [6, 6.07) is 7.08. The van der Waals surface area contributed by atoms with E-state index in [1.54, 1.807) is 12.1 Å². The van der Waals surface area contributed by atoms with Crippen LogP contribution in [0.15, 0.2) is 24.3 Å². The van der Waals surface area contributed by atoms with Crippen molar-refractivity contribution in [2.24, 2.45) is 0 Å². The predicted octanol–water partition coefficient (Wildman–Crippen LogP) is 0.688. The van der Waals surface area contributed by atoms with Crippen LogP contribution in [0.1, 0.15) is 0 Å². The third kappa shape index (κ3) is 4.69. The molecule has 0 N–H and O–H groups in total. The van der Waals surface area contributed by atoms with Crippen molar-refractivity contribution in [3.05, 3.63) is 27.8 Å². The minimum absolute atomic E-state index is 0.615. The zero-order valence-electron chi connectivity index (χ0n) is 10.8. The van der Waals surface area contributed by atoms with E-state index in [1.165, 1.54) is 5.19 Å². The molecule has 0 aliphatic carbocycles. The summed E-state index contributed by atoms with van der Waals surface area (Å²) in [7, 11) is -1.46. The highest BCUT2D eigenvalue weighted by Crippen LogP contribution is 2.33. The first kappa shape index (κ1) is 16.9. The molecule has 0 aromatic heterocycles. The van der Waals surface area contributed by atoms with Gasteiger partial charge in [0.1, 0.15) is 0 Å². The van der Waals surface area contributed by atoms with Crippen molar-refractivity contribution in [2.45, 2.75) is 31.7 Å². The van der Waals surface area contributed by atoms with Gasteiger partial charge in [0.25, 0.3) is 0 Å². The van der Waals surface area contributed by atoms with E-state index in [-0.39, 0.29) is 0 Å². The van der Waals surface area contributed by atoms with E-state index in [0.29, 0.717) is 3.57 Å². The molecule has 0 fully saturated rings. The Morgan fingerprint density at radius 1 is 0.947 bits per heavy atom. The number of hydrogen-bond acceptors (Lipinski definition) is 0. The third-order valence-electron chi connectivity index (χ3n) is 2.51. The van der Waals surface area contributed by atoms with Gasteiger partial charge in [-0.15, -0.1) is 0 Å². The van der Waals surface area contributed by atoms with Crippen molar-refractivity contribution in [3.8, 4) is 0 Å². The highest BCUT2D eigenvalue weighted by Gasteiger charge is 2.61. The lowest BCUT2D eigenvalue weighted by molar-refractivity contribution is -0.651. The molecule has 0 amide bonds. The topological polar surface area (TPSA) is 0 Å². The lowest BCUT2D eigenvalue weighted by atomic mass is 10.4. The van der Waals surface area contributed by atoms with Crippen molar-refractivity contribution >= 4 is 13.3 Å². The standard InChI is InChI=1S/C12H15F5ISi/c1-19(2,3)10-6-4-9(5-7-10)18-8-11(13,14)12(15,16)17/h4-7H,8H2,1-3H3/q+1. The van der Waals surface area contributed by atoms with E-state index in [9.17, 15) is 22.0 Å². The molecule has 0 aliphatic rings. The number of hydrogen-bond donors (Lipinski definition) is 0. The van der Waals surface area contributed by atoms with Crippen LogP contribution < -0.4 is 26.4 Å². The van der Waals surface area contributed by atoms with Gasteiger partial charge < -0.3 is 0 Å². The van der Waals surface area contributed by atoms with Crippen LogP contribution in [0.2, 0.25) is 19.6 Å². The maximum Gasteiger partial charge on any atom is 0.457 e. The molecule has 1 aromatic carbocycles. The minimum atomic E-state index is -5.44. The van der Waals surface area contributed by atoms with Gasteiger partial charge in [-0.25, -0.2) is 0 Å². The summed E-state index contributed by atoms with van der Waals surface area (Å²) in [4.78, 5) is 0. The van der Waals surface area contributed by atoms with Crippen molar-refractivity contribution in [1.29, 1.82) is 0 Å². The first-order valence-electron chi connectivity index (χ1n) is 5.58. The Balaban J connectivity index is 2.70. The summed E-state index contributed by atoms with van der Waals surface area (Å²) < 4.78 is 61.2. The second-order valence-corrected chi connectivity index (χ2v) is 13.1. The number of rotatable bonds is 4. The van der Waals surface area contributed by atoms with E-state index in [1.807, 2.05) is 12.1 Å². The van der Waals surface area contributed by atoms with Crippen LogP contribution in [-0.4, -0.2) is 24.6 Å². The van der Waals surface area contributed by atoms with E-state index in [0.717, 1.165) is 0 Å². The normalized spacial score (nSPS) is 13.7. The van der Waals surface area contributed by atoms with E-state index < -0.39 is 45.8 Å². The fourth-order valence-electron chi connectivity index (χ4n) is 1.28. The highest BCUT2D eigenvalue weighted by atomic mass is 127. The molecule has 0 nitrogen and oxygen atoms in total. The Morgan fingerprint density at radius 3 is 1.79 bits per heavy atom. The van der Waals surface area contributed by atoms with Gasteiger partial charge in [-0.2, -0.15) is 22.0 Å². The maximum absolute atomic E-state index is 12.8. The summed E-state index contributed by atoms with van der Waals surface area (Å²) >= 11 is -1.33. The first-order chi connectivity index (χ1) is 8.43. The van der Waals surface area contributed by atoms with Gasteiger partial charge in [-0.3, -0.25) is 0 Å². The largest absolute Gasteiger partial charge is 0.457 e. The molecule has 0 saturated carbocycles. The second kappa shape index (κ2) is 5.67. The van der Waals surface area contributed by atoms with E-state index >= 15 is 0 Å². The van der Waals surface area contributed by atoms with Crippen LogP contribution in [0, 0.1) is 3.57 Å². The van der Waals surface area contributed by atoms with Crippen molar-refractivity contribution in [3.63, 3.8) is 0 Å². The quantitative estimate of drug-likeness (QED) is 0.297. The SMILES string of the molecule is C[Si](C)(C)c1ccc([I+]CC(F)(F)C(F)(F)F)cc1. The number of alkyl halides is 6. The average Bonchev–Trinajstić information content (AvgIpc) is 2.24. The van der Waals surface area contributed by atoms with Gasteiger partial charge in [0, 0.05) is 0 Å². The van der Waals surface area contributed by atoms with Crippen molar-refractivity contribution < 1.29 is 43.2 Å². The van der Waals surface area contributed by atoms with E-state index in [4.69, 9.17) is 0 Å². The maximum atomic E-state index is 12.8. The van der Waals surface area contributed by atoms with Crippen LogP contribution in [0.3, 0.4) is 0 Å². The van der Waals surface area contributed by atoms with Crippen LogP contribution in [0.5, 0.6) is 0 Å². The monoisotopic (exact) mass is 409 g/mol. The molecule has 0 unspecified atom stereocenters. The first-order valence-corrected chi connectivity index (χ1v) is 11.7. The molecule has 0 spiro atoms. The molecule has 0 aliphatic heterocycles. The summed E-state index contributed by atoms with van der Waals surface area (Å²) in [6.45, 7) is 6.44. The van der Waals surface area contributed by atoms with Crippen LogP contribution >= 0.6 is 0 Å². The van der Waals surface area contributed by atoms with Gasteiger partial charge >= 0.3 is 33.3 Å². The predicted molar refractivity (Wildman–Crippen MR) is 64.0 cm³/mol. The molecule has 1 rings (SSSR count). The summed E-state index contributed by atoms with van der Waals surface area (Å²) in [5.74, 6) is -4.57. The number of halogens is 6. The smallest absolute Gasteiger partial charge is 0.191 e. The zero-order valence-corrected chi connectivity index (χ0v) is 13.9. The number of benzene rings is 1. The Labute approximate surface area is 120 Å². The van der Waals surface area contributed by atoms with Crippen LogP contribution in [-0.2, 0) is 0 Å². The van der Waals surface area contributed by atoms with Gasteiger partial charge in [-0.1, -0.05) is 37.0 Å². The molecule has 0 heterocycles.